The van der Waals surface area contributed by atoms with Crippen molar-refractivity contribution >= 4 is 11.6 Å². The normalized spacial score (nSPS) is 9.89. The summed E-state index contributed by atoms with van der Waals surface area (Å²) >= 11 is 6.02. The zero-order valence-electron chi connectivity index (χ0n) is 9.94. The summed E-state index contributed by atoms with van der Waals surface area (Å²) in [6.07, 6.45) is 0. The number of hydrogen-bond donors (Lipinski definition) is 0. The first-order chi connectivity index (χ1) is 8.58. The van der Waals surface area contributed by atoms with E-state index in [1.165, 1.54) is 0 Å². The molecule has 0 saturated heterocycles. The van der Waals surface area contributed by atoms with E-state index in [-0.39, 0.29) is 0 Å². The molecule has 0 radical (unpaired) electrons. The lowest BCUT2D eigenvalue weighted by Gasteiger charge is -2.07. The fraction of sp³-hybridized carbons (Fsp3) is 0.154. The second-order valence-corrected chi connectivity index (χ2v) is 4.16. The molecule has 18 heavy (non-hydrogen) atoms. The zero-order chi connectivity index (χ0) is 13.1. The van der Waals surface area contributed by atoms with Gasteiger partial charge in [0, 0.05) is 11.8 Å². The molecule has 0 unspecified atom stereocenters. The van der Waals surface area contributed by atoms with E-state index in [1.807, 2.05) is 13.0 Å². The molecule has 5 heteroatoms. The molecule has 0 aliphatic rings. The smallest absolute Gasteiger partial charge is 0.222 e. The van der Waals surface area contributed by atoms with Gasteiger partial charge in [-0.1, -0.05) is 11.6 Å². The number of aryl methyl sites for hydroxylation is 2. The molecule has 0 saturated carbocycles. The van der Waals surface area contributed by atoms with E-state index in [9.17, 15) is 0 Å². The van der Waals surface area contributed by atoms with Gasteiger partial charge in [0.1, 0.15) is 11.6 Å². The SMILES string of the molecule is Cc1cc(Oc2ccc(C#N)cc2Cl)nc(C)n1. The van der Waals surface area contributed by atoms with Gasteiger partial charge in [0.2, 0.25) is 5.88 Å². The van der Waals surface area contributed by atoms with Crippen LogP contribution in [0.4, 0.5) is 0 Å². The highest BCUT2D eigenvalue weighted by Crippen LogP contribution is 2.29. The maximum absolute atomic E-state index is 8.75. The second-order valence-electron chi connectivity index (χ2n) is 3.75. The molecule has 90 valence electrons. The maximum Gasteiger partial charge on any atom is 0.222 e. The van der Waals surface area contributed by atoms with Crippen molar-refractivity contribution in [2.75, 3.05) is 0 Å². The van der Waals surface area contributed by atoms with E-state index in [0.29, 0.717) is 28.0 Å². The Kier molecular flexibility index (Phi) is 3.45. The molecule has 0 fully saturated rings. The highest BCUT2D eigenvalue weighted by Gasteiger charge is 2.06. The van der Waals surface area contributed by atoms with Crippen molar-refractivity contribution in [3.8, 4) is 17.7 Å². The molecule has 1 aromatic heterocycles. The molecular weight excluding hydrogens is 250 g/mol. The van der Waals surface area contributed by atoms with Crippen molar-refractivity contribution in [1.29, 1.82) is 5.26 Å². The lowest BCUT2D eigenvalue weighted by molar-refractivity contribution is 0.459. The van der Waals surface area contributed by atoms with Crippen LogP contribution in [-0.4, -0.2) is 9.97 Å². The van der Waals surface area contributed by atoms with Crippen molar-refractivity contribution in [1.82, 2.24) is 9.97 Å². The Morgan fingerprint density at radius 2 is 2.00 bits per heavy atom. The van der Waals surface area contributed by atoms with Crippen LogP contribution in [0, 0.1) is 25.2 Å². The van der Waals surface area contributed by atoms with E-state index < -0.39 is 0 Å². The highest BCUT2D eigenvalue weighted by atomic mass is 35.5. The number of benzene rings is 1. The molecule has 0 atom stereocenters. The standard InChI is InChI=1S/C13H10ClN3O/c1-8-5-13(17-9(2)16-8)18-12-4-3-10(7-15)6-11(12)14/h3-6H,1-2H3. The Morgan fingerprint density at radius 1 is 1.22 bits per heavy atom. The largest absolute Gasteiger partial charge is 0.437 e. The third kappa shape index (κ3) is 2.76. The fourth-order valence-electron chi connectivity index (χ4n) is 1.50. The molecule has 0 amide bonds. The summed E-state index contributed by atoms with van der Waals surface area (Å²) in [5, 5.41) is 9.12. The number of rotatable bonds is 2. The van der Waals surface area contributed by atoms with Crippen molar-refractivity contribution in [3.05, 3.63) is 46.4 Å². The van der Waals surface area contributed by atoms with Gasteiger partial charge >= 0.3 is 0 Å². The van der Waals surface area contributed by atoms with Crippen LogP contribution in [0.15, 0.2) is 24.3 Å². The number of nitrogens with zero attached hydrogens (tertiary/aromatic N) is 3. The summed E-state index contributed by atoms with van der Waals surface area (Å²) < 4.78 is 5.58. The van der Waals surface area contributed by atoms with Crippen molar-refractivity contribution < 1.29 is 4.74 Å². The molecule has 0 bridgehead atoms. The summed E-state index contributed by atoms with van der Waals surface area (Å²) in [4.78, 5) is 8.31. The minimum absolute atomic E-state index is 0.378. The number of nitriles is 1. The second kappa shape index (κ2) is 5.03. The number of aromatic nitrogens is 2. The highest BCUT2D eigenvalue weighted by molar-refractivity contribution is 6.32. The molecule has 0 N–H and O–H groups in total. The van der Waals surface area contributed by atoms with E-state index in [2.05, 4.69) is 9.97 Å². The van der Waals surface area contributed by atoms with Crippen molar-refractivity contribution in [2.24, 2.45) is 0 Å². The number of hydrogen-bond acceptors (Lipinski definition) is 4. The minimum atomic E-state index is 0.378. The van der Waals surface area contributed by atoms with Crippen molar-refractivity contribution in [2.45, 2.75) is 13.8 Å². The fourth-order valence-corrected chi connectivity index (χ4v) is 1.72. The van der Waals surface area contributed by atoms with E-state index in [1.54, 1.807) is 31.2 Å². The summed E-state index contributed by atoms with van der Waals surface area (Å²) in [7, 11) is 0. The number of halogens is 1. The van der Waals surface area contributed by atoms with Crippen LogP contribution in [0.2, 0.25) is 5.02 Å². The van der Waals surface area contributed by atoms with Gasteiger partial charge in [-0.3, -0.25) is 0 Å². The van der Waals surface area contributed by atoms with Gasteiger partial charge in [-0.15, -0.1) is 0 Å². The van der Waals surface area contributed by atoms with Crippen LogP contribution in [-0.2, 0) is 0 Å². The van der Waals surface area contributed by atoms with Crippen LogP contribution < -0.4 is 4.74 Å². The average Bonchev–Trinajstić information content (AvgIpc) is 2.30. The lowest BCUT2D eigenvalue weighted by Crippen LogP contribution is -1.95. The summed E-state index contributed by atoms with van der Waals surface area (Å²) in [6, 6.07) is 8.58. The van der Waals surface area contributed by atoms with Gasteiger partial charge < -0.3 is 4.74 Å². The quantitative estimate of drug-likeness (QED) is 0.829. The minimum Gasteiger partial charge on any atom is -0.437 e. The van der Waals surface area contributed by atoms with Crippen molar-refractivity contribution in [3.63, 3.8) is 0 Å². The first-order valence-electron chi connectivity index (χ1n) is 5.28. The molecule has 2 aromatic rings. The van der Waals surface area contributed by atoms with Crippen LogP contribution in [0.3, 0.4) is 0 Å². The van der Waals surface area contributed by atoms with E-state index in [4.69, 9.17) is 21.6 Å². The Balaban J connectivity index is 2.31. The predicted octanol–water partition coefficient (Wildman–Crippen LogP) is 3.41. The molecule has 0 aliphatic carbocycles. The first-order valence-corrected chi connectivity index (χ1v) is 5.66. The Morgan fingerprint density at radius 3 is 2.61 bits per heavy atom. The Hall–Kier alpha value is -2.12. The molecule has 4 nitrogen and oxygen atoms in total. The molecule has 0 spiro atoms. The monoisotopic (exact) mass is 259 g/mol. The Bertz CT molecular complexity index is 614. The van der Waals surface area contributed by atoms with Gasteiger partial charge in [-0.2, -0.15) is 10.2 Å². The number of ether oxygens (including phenoxy) is 1. The third-order valence-electron chi connectivity index (χ3n) is 2.22. The first kappa shape index (κ1) is 12.3. The zero-order valence-corrected chi connectivity index (χ0v) is 10.7. The van der Waals surface area contributed by atoms with Gasteiger partial charge in [-0.25, -0.2) is 4.98 Å². The molecule has 2 rings (SSSR count). The van der Waals surface area contributed by atoms with Gasteiger partial charge in [0.15, 0.2) is 0 Å². The van der Waals surface area contributed by atoms with Gasteiger partial charge in [0.05, 0.1) is 16.7 Å². The van der Waals surface area contributed by atoms with Crippen LogP contribution in [0.5, 0.6) is 11.6 Å². The molecular formula is C13H10ClN3O. The van der Waals surface area contributed by atoms with E-state index >= 15 is 0 Å². The average molecular weight is 260 g/mol. The van der Waals surface area contributed by atoms with Gasteiger partial charge in [0.25, 0.3) is 0 Å². The van der Waals surface area contributed by atoms with Gasteiger partial charge in [-0.05, 0) is 32.0 Å². The Labute approximate surface area is 110 Å². The predicted molar refractivity (Wildman–Crippen MR) is 67.7 cm³/mol. The third-order valence-corrected chi connectivity index (χ3v) is 2.51. The topological polar surface area (TPSA) is 58.8 Å². The molecule has 0 aliphatic heterocycles. The lowest BCUT2D eigenvalue weighted by atomic mass is 10.2. The van der Waals surface area contributed by atoms with E-state index in [0.717, 1.165) is 5.69 Å². The summed E-state index contributed by atoms with van der Waals surface area (Å²) in [6.45, 7) is 3.65. The molecule has 1 heterocycles. The summed E-state index contributed by atoms with van der Waals surface area (Å²) in [5.74, 6) is 1.54. The molecule has 1 aromatic carbocycles. The van der Waals surface area contributed by atoms with Crippen LogP contribution in [0.25, 0.3) is 0 Å². The summed E-state index contributed by atoms with van der Waals surface area (Å²) in [5.41, 5.74) is 1.31. The maximum atomic E-state index is 8.75. The van der Waals surface area contributed by atoms with Crippen LogP contribution in [0.1, 0.15) is 17.1 Å². The van der Waals surface area contributed by atoms with Crippen LogP contribution >= 0.6 is 11.6 Å².